The van der Waals surface area contributed by atoms with E-state index < -0.39 is 11.9 Å². The van der Waals surface area contributed by atoms with E-state index in [9.17, 15) is 14.4 Å². The van der Waals surface area contributed by atoms with Gasteiger partial charge in [0.1, 0.15) is 0 Å². The number of carbonyl (C=O) groups excluding carboxylic acids is 3. The Balaban J connectivity index is 1.58. The number of hydrogen-bond donors (Lipinski definition) is 2. The SMILES string of the molecule is COC(=O)c1cc(NC(=S)NC2CCN(C(=O)c3ccccc3)CC2)cc(C(=O)OC)c1. The minimum atomic E-state index is -0.576. The first-order valence-corrected chi connectivity index (χ1v) is 10.6. The van der Waals surface area contributed by atoms with E-state index in [0.717, 1.165) is 12.8 Å². The summed E-state index contributed by atoms with van der Waals surface area (Å²) in [4.78, 5) is 38.3. The molecular formula is C23H25N3O5S. The summed E-state index contributed by atoms with van der Waals surface area (Å²) >= 11 is 5.41. The number of likely N-dealkylation sites (tertiary alicyclic amines) is 1. The van der Waals surface area contributed by atoms with Crippen molar-refractivity contribution in [3.63, 3.8) is 0 Å². The van der Waals surface area contributed by atoms with Gasteiger partial charge in [0, 0.05) is 30.4 Å². The first kappa shape index (κ1) is 23.2. The third-order valence-corrected chi connectivity index (χ3v) is 5.39. The van der Waals surface area contributed by atoms with E-state index in [0.29, 0.717) is 29.5 Å². The van der Waals surface area contributed by atoms with Crippen LogP contribution in [0.5, 0.6) is 0 Å². The molecule has 0 atom stereocenters. The van der Waals surface area contributed by atoms with Crippen molar-refractivity contribution in [3.8, 4) is 0 Å². The number of hydrogen-bond acceptors (Lipinski definition) is 6. The van der Waals surface area contributed by atoms with Crippen molar-refractivity contribution in [2.75, 3.05) is 32.6 Å². The fourth-order valence-electron chi connectivity index (χ4n) is 3.51. The molecule has 1 heterocycles. The summed E-state index contributed by atoms with van der Waals surface area (Å²) in [5.41, 5.74) is 1.55. The predicted molar refractivity (Wildman–Crippen MR) is 124 cm³/mol. The predicted octanol–water partition coefficient (Wildman–Crippen LogP) is 2.85. The lowest BCUT2D eigenvalue weighted by molar-refractivity contribution is 0.0598. The van der Waals surface area contributed by atoms with E-state index >= 15 is 0 Å². The largest absolute Gasteiger partial charge is 0.465 e. The summed E-state index contributed by atoms with van der Waals surface area (Å²) in [7, 11) is 2.53. The molecule has 32 heavy (non-hydrogen) atoms. The number of esters is 2. The highest BCUT2D eigenvalue weighted by Crippen LogP contribution is 2.18. The highest BCUT2D eigenvalue weighted by atomic mass is 32.1. The molecule has 8 nitrogen and oxygen atoms in total. The molecular weight excluding hydrogens is 430 g/mol. The molecule has 2 N–H and O–H groups in total. The quantitative estimate of drug-likeness (QED) is 0.525. The lowest BCUT2D eigenvalue weighted by Gasteiger charge is -2.33. The zero-order valence-electron chi connectivity index (χ0n) is 17.9. The van der Waals surface area contributed by atoms with Crippen LogP contribution in [0.25, 0.3) is 0 Å². The number of nitrogens with one attached hydrogen (secondary N) is 2. The Bertz CT molecular complexity index is 970. The lowest BCUT2D eigenvalue weighted by atomic mass is 10.0. The molecule has 0 radical (unpaired) electrons. The van der Waals surface area contributed by atoms with E-state index in [4.69, 9.17) is 21.7 Å². The van der Waals surface area contributed by atoms with E-state index in [1.165, 1.54) is 20.3 Å². The summed E-state index contributed by atoms with van der Waals surface area (Å²) < 4.78 is 9.50. The molecule has 2 aromatic rings. The molecule has 168 valence electrons. The highest BCUT2D eigenvalue weighted by molar-refractivity contribution is 7.80. The standard InChI is InChI=1S/C23H25N3O5S/c1-30-21(28)16-12-17(22(29)31-2)14-19(13-16)25-23(32)24-18-8-10-26(11-9-18)20(27)15-6-4-3-5-7-15/h3-7,12-14,18H,8-11H2,1-2H3,(H2,24,25,32). The monoisotopic (exact) mass is 455 g/mol. The summed E-state index contributed by atoms with van der Waals surface area (Å²) in [6, 6.07) is 13.8. The second kappa shape index (κ2) is 10.7. The molecule has 1 saturated heterocycles. The maximum absolute atomic E-state index is 12.6. The van der Waals surface area contributed by atoms with E-state index in [2.05, 4.69) is 10.6 Å². The Hall–Kier alpha value is -3.46. The lowest BCUT2D eigenvalue weighted by Crippen LogP contribution is -2.47. The summed E-state index contributed by atoms with van der Waals surface area (Å²) in [6.45, 7) is 1.25. The summed E-state index contributed by atoms with van der Waals surface area (Å²) in [6.07, 6.45) is 1.49. The van der Waals surface area contributed by atoms with Crippen LogP contribution < -0.4 is 10.6 Å². The minimum absolute atomic E-state index is 0.0275. The van der Waals surface area contributed by atoms with Gasteiger partial charge >= 0.3 is 11.9 Å². The molecule has 1 aliphatic rings. The van der Waals surface area contributed by atoms with Crippen LogP contribution in [0.2, 0.25) is 0 Å². The van der Waals surface area contributed by atoms with Crippen molar-refractivity contribution in [2.45, 2.75) is 18.9 Å². The highest BCUT2D eigenvalue weighted by Gasteiger charge is 2.24. The van der Waals surface area contributed by atoms with Gasteiger partial charge in [-0.1, -0.05) is 18.2 Å². The number of methoxy groups -OCH3 is 2. The molecule has 1 fully saturated rings. The van der Waals surface area contributed by atoms with Crippen LogP contribution in [0.4, 0.5) is 5.69 Å². The molecule has 0 aromatic heterocycles. The van der Waals surface area contributed by atoms with Crippen molar-refractivity contribution < 1.29 is 23.9 Å². The van der Waals surface area contributed by atoms with Gasteiger partial charge in [-0.05, 0) is 55.4 Å². The number of piperidine rings is 1. The second-order valence-corrected chi connectivity index (χ2v) is 7.72. The average molecular weight is 456 g/mol. The molecule has 9 heteroatoms. The Labute approximate surface area is 191 Å². The summed E-state index contributed by atoms with van der Waals surface area (Å²) in [5.74, 6) is -1.12. The van der Waals surface area contributed by atoms with E-state index in [1.807, 2.05) is 35.2 Å². The fraction of sp³-hybridized carbons (Fsp3) is 0.304. The number of benzene rings is 2. The third kappa shape index (κ3) is 5.82. The smallest absolute Gasteiger partial charge is 0.337 e. The average Bonchev–Trinajstić information content (AvgIpc) is 2.83. The Kier molecular flexibility index (Phi) is 7.77. The molecule has 0 bridgehead atoms. The Morgan fingerprint density at radius 2 is 1.47 bits per heavy atom. The van der Waals surface area contributed by atoms with Gasteiger partial charge < -0.3 is 25.0 Å². The number of anilines is 1. The van der Waals surface area contributed by atoms with Crippen molar-refractivity contribution in [2.24, 2.45) is 0 Å². The van der Waals surface area contributed by atoms with Crippen LogP contribution in [0.1, 0.15) is 43.9 Å². The molecule has 2 aromatic carbocycles. The number of rotatable bonds is 5. The maximum atomic E-state index is 12.6. The van der Waals surface area contributed by atoms with Crippen LogP contribution >= 0.6 is 12.2 Å². The number of thiocarbonyl (C=S) groups is 1. The zero-order chi connectivity index (χ0) is 23.1. The Morgan fingerprint density at radius 3 is 2.00 bits per heavy atom. The van der Waals surface area contributed by atoms with Crippen LogP contribution in [0, 0.1) is 0 Å². The normalized spacial score (nSPS) is 13.8. The van der Waals surface area contributed by atoms with Crippen molar-refractivity contribution >= 4 is 40.9 Å². The van der Waals surface area contributed by atoms with Gasteiger partial charge in [-0.2, -0.15) is 0 Å². The first-order chi connectivity index (χ1) is 15.4. The number of ether oxygens (including phenoxy) is 2. The van der Waals surface area contributed by atoms with Gasteiger partial charge in [0.15, 0.2) is 5.11 Å². The van der Waals surface area contributed by atoms with Gasteiger partial charge in [-0.3, -0.25) is 4.79 Å². The topological polar surface area (TPSA) is 97.0 Å². The van der Waals surface area contributed by atoms with Gasteiger partial charge in [-0.15, -0.1) is 0 Å². The van der Waals surface area contributed by atoms with Crippen LogP contribution in [-0.4, -0.2) is 61.2 Å². The third-order valence-electron chi connectivity index (χ3n) is 5.17. The molecule has 0 aliphatic carbocycles. The Morgan fingerprint density at radius 1 is 0.906 bits per heavy atom. The van der Waals surface area contributed by atoms with Crippen molar-refractivity contribution in [1.29, 1.82) is 0 Å². The van der Waals surface area contributed by atoms with Crippen LogP contribution in [0.15, 0.2) is 48.5 Å². The van der Waals surface area contributed by atoms with Crippen LogP contribution in [0.3, 0.4) is 0 Å². The first-order valence-electron chi connectivity index (χ1n) is 10.1. The molecule has 0 saturated carbocycles. The minimum Gasteiger partial charge on any atom is -0.465 e. The number of amides is 1. The molecule has 1 aliphatic heterocycles. The number of nitrogens with zero attached hydrogens (tertiary/aromatic N) is 1. The molecule has 0 spiro atoms. The van der Waals surface area contributed by atoms with Gasteiger partial charge in [0.25, 0.3) is 5.91 Å². The van der Waals surface area contributed by atoms with E-state index in [1.54, 1.807) is 12.1 Å². The maximum Gasteiger partial charge on any atom is 0.337 e. The molecule has 1 amide bonds. The van der Waals surface area contributed by atoms with E-state index in [-0.39, 0.29) is 23.1 Å². The van der Waals surface area contributed by atoms with Gasteiger partial charge in [0.2, 0.25) is 0 Å². The zero-order valence-corrected chi connectivity index (χ0v) is 18.7. The van der Waals surface area contributed by atoms with Crippen molar-refractivity contribution in [1.82, 2.24) is 10.2 Å². The van der Waals surface area contributed by atoms with Crippen molar-refractivity contribution in [3.05, 3.63) is 65.2 Å². The van der Waals surface area contributed by atoms with Gasteiger partial charge in [0.05, 0.1) is 25.3 Å². The number of carbonyl (C=O) groups is 3. The van der Waals surface area contributed by atoms with Crippen LogP contribution in [-0.2, 0) is 9.47 Å². The second-order valence-electron chi connectivity index (χ2n) is 7.31. The summed E-state index contributed by atoms with van der Waals surface area (Å²) in [5, 5.41) is 6.61. The molecule has 3 rings (SSSR count). The fourth-order valence-corrected chi connectivity index (χ4v) is 3.80. The van der Waals surface area contributed by atoms with Gasteiger partial charge in [-0.25, -0.2) is 9.59 Å². The molecule has 0 unspecified atom stereocenters.